The summed E-state index contributed by atoms with van der Waals surface area (Å²) in [6, 6.07) is 8.01. The maximum Gasteiger partial charge on any atom is 0.417 e. The van der Waals surface area contributed by atoms with E-state index in [1.807, 2.05) is 36.1 Å². The van der Waals surface area contributed by atoms with Crippen LogP contribution in [0.4, 0.5) is 13.2 Å². The fourth-order valence-electron chi connectivity index (χ4n) is 2.84. The van der Waals surface area contributed by atoms with Gasteiger partial charge in [0.1, 0.15) is 0 Å². The topological polar surface area (TPSA) is 23.5 Å². The van der Waals surface area contributed by atoms with Crippen LogP contribution in [0.15, 0.2) is 24.3 Å². The third kappa shape index (κ3) is 3.77. The average molecular weight is 301 g/mol. The summed E-state index contributed by atoms with van der Waals surface area (Å²) in [5.74, 6) is -0.767. The summed E-state index contributed by atoms with van der Waals surface area (Å²) in [5, 5.41) is 9.84. The van der Waals surface area contributed by atoms with Crippen LogP contribution in [0.1, 0.15) is 30.9 Å². The van der Waals surface area contributed by atoms with E-state index in [0.29, 0.717) is 19.4 Å². The van der Waals surface area contributed by atoms with Crippen molar-refractivity contribution in [3.63, 3.8) is 0 Å². The van der Waals surface area contributed by atoms with E-state index in [1.54, 1.807) is 0 Å². The molecule has 1 saturated heterocycles. The van der Waals surface area contributed by atoms with E-state index in [1.165, 1.54) is 0 Å². The average Bonchev–Trinajstić information content (AvgIpc) is 2.40. The van der Waals surface area contributed by atoms with Gasteiger partial charge in [0, 0.05) is 19.0 Å². The molecule has 118 valence electrons. The minimum absolute atomic E-state index is 0.278. The van der Waals surface area contributed by atoms with Crippen LogP contribution >= 0.6 is 0 Å². The molecule has 2 atom stereocenters. The van der Waals surface area contributed by atoms with Crippen molar-refractivity contribution in [1.29, 1.82) is 0 Å². The summed E-state index contributed by atoms with van der Waals surface area (Å²) >= 11 is 0. The number of piperidine rings is 1. The number of benzene rings is 1. The number of rotatable bonds is 3. The van der Waals surface area contributed by atoms with E-state index < -0.39 is 17.7 Å². The molecule has 2 rings (SSSR count). The van der Waals surface area contributed by atoms with Gasteiger partial charge in [0.25, 0.3) is 0 Å². The zero-order valence-electron chi connectivity index (χ0n) is 12.5. The first-order valence-corrected chi connectivity index (χ1v) is 7.27. The number of halogens is 3. The van der Waals surface area contributed by atoms with Gasteiger partial charge in [-0.2, -0.15) is 13.2 Å². The number of hydrogen-bond acceptors (Lipinski definition) is 2. The van der Waals surface area contributed by atoms with E-state index in [0.717, 1.165) is 24.6 Å². The lowest BCUT2D eigenvalue weighted by Crippen LogP contribution is -2.54. The molecular weight excluding hydrogens is 279 g/mol. The van der Waals surface area contributed by atoms with Crippen LogP contribution in [-0.2, 0) is 6.54 Å². The lowest BCUT2D eigenvalue weighted by molar-refractivity contribution is -0.276. The lowest BCUT2D eigenvalue weighted by atomic mass is 9.82. The third-order valence-electron chi connectivity index (χ3n) is 4.40. The highest BCUT2D eigenvalue weighted by Gasteiger charge is 2.55. The molecule has 0 radical (unpaired) electrons. The lowest BCUT2D eigenvalue weighted by Gasteiger charge is -2.41. The molecule has 1 aliphatic rings. The van der Waals surface area contributed by atoms with Crippen LogP contribution in [0.3, 0.4) is 0 Å². The van der Waals surface area contributed by atoms with E-state index >= 15 is 0 Å². The summed E-state index contributed by atoms with van der Waals surface area (Å²) < 4.78 is 38.8. The molecule has 21 heavy (non-hydrogen) atoms. The minimum Gasteiger partial charge on any atom is -0.380 e. The Hall–Kier alpha value is -1.07. The van der Waals surface area contributed by atoms with Crippen molar-refractivity contribution >= 4 is 0 Å². The van der Waals surface area contributed by atoms with E-state index in [9.17, 15) is 18.3 Å². The van der Waals surface area contributed by atoms with Gasteiger partial charge in [-0.1, -0.05) is 29.8 Å². The van der Waals surface area contributed by atoms with Gasteiger partial charge in [0.15, 0.2) is 5.60 Å². The Bertz CT molecular complexity index is 467. The van der Waals surface area contributed by atoms with Crippen LogP contribution in [0.5, 0.6) is 0 Å². The monoisotopic (exact) mass is 301 g/mol. The van der Waals surface area contributed by atoms with Gasteiger partial charge in [0.05, 0.1) is 0 Å². The highest BCUT2D eigenvalue weighted by molar-refractivity contribution is 5.21. The van der Waals surface area contributed by atoms with E-state index in [4.69, 9.17) is 0 Å². The van der Waals surface area contributed by atoms with Crippen LogP contribution in [0.2, 0.25) is 0 Å². The fraction of sp³-hybridized carbons (Fsp3) is 0.625. The van der Waals surface area contributed by atoms with Gasteiger partial charge in [0.2, 0.25) is 0 Å². The van der Waals surface area contributed by atoms with Gasteiger partial charge < -0.3 is 5.11 Å². The van der Waals surface area contributed by atoms with E-state index in [-0.39, 0.29) is 6.54 Å². The number of hydrogen-bond donors (Lipinski definition) is 1. The molecule has 1 fully saturated rings. The van der Waals surface area contributed by atoms with Crippen molar-refractivity contribution in [2.75, 3.05) is 13.1 Å². The van der Waals surface area contributed by atoms with Crippen LogP contribution in [0, 0.1) is 12.8 Å². The van der Waals surface area contributed by atoms with E-state index in [2.05, 4.69) is 0 Å². The molecule has 0 bridgehead atoms. The molecule has 0 aliphatic carbocycles. The van der Waals surface area contributed by atoms with Crippen LogP contribution in [-0.4, -0.2) is 34.9 Å². The Morgan fingerprint density at radius 3 is 2.43 bits per heavy atom. The second kappa shape index (κ2) is 5.97. The summed E-state index contributed by atoms with van der Waals surface area (Å²) in [7, 11) is 0. The molecule has 0 amide bonds. The summed E-state index contributed by atoms with van der Waals surface area (Å²) in [5.41, 5.74) is -0.359. The molecule has 0 saturated carbocycles. The predicted octanol–water partition coefficient (Wildman–Crippen LogP) is 3.52. The maximum atomic E-state index is 12.9. The highest BCUT2D eigenvalue weighted by Crippen LogP contribution is 2.39. The van der Waals surface area contributed by atoms with Crippen molar-refractivity contribution in [2.24, 2.45) is 5.92 Å². The zero-order valence-corrected chi connectivity index (χ0v) is 12.5. The molecule has 1 aliphatic heterocycles. The molecule has 0 spiro atoms. The molecule has 1 aromatic rings. The smallest absolute Gasteiger partial charge is 0.380 e. The van der Waals surface area contributed by atoms with Crippen molar-refractivity contribution in [3.05, 3.63) is 35.4 Å². The number of aryl methyl sites for hydroxylation is 1. The normalized spacial score (nSPS) is 23.8. The molecule has 5 heteroatoms. The molecule has 2 unspecified atom stereocenters. The Labute approximate surface area is 123 Å². The molecule has 2 nitrogen and oxygen atoms in total. The second-order valence-corrected chi connectivity index (χ2v) is 6.21. The number of likely N-dealkylation sites (tertiary alicyclic amines) is 1. The van der Waals surface area contributed by atoms with Gasteiger partial charge in [-0.3, -0.25) is 4.90 Å². The summed E-state index contributed by atoms with van der Waals surface area (Å²) in [4.78, 5) is 2.00. The predicted molar refractivity (Wildman–Crippen MR) is 75.9 cm³/mol. The highest BCUT2D eigenvalue weighted by atomic mass is 19.4. The second-order valence-electron chi connectivity index (χ2n) is 6.21. The SMILES string of the molecule is Cc1ccc(CN2CCCC(C(C)(O)C(F)(F)F)C2)cc1. The number of aliphatic hydroxyl groups is 1. The number of alkyl halides is 3. The molecule has 1 aromatic carbocycles. The standard InChI is InChI=1S/C16H22F3NO/c1-12-5-7-13(8-6-12)10-20-9-3-4-14(11-20)15(2,21)16(17,18)19/h5-8,14,21H,3-4,9-11H2,1-2H3. The van der Waals surface area contributed by atoms with Gasteiger partial charge in [-0.05, 0) is 38.8 Å². The molecular formula is C16H22F3NO. The van der Waals surface area contributed by atoms with Crippen molar-refractivity contribution in [3.8, 4) is 0 Å². The fourth-order valence-corrected chi connectivity index (χ4v) is 2.84. The van der Waals surface area contributed by atoms with Gasteiger partial charge in [-0.25, -0.2) is 0 Å². The quantitative estimate of drug-likeness (QED) is 0.923. The number of nitrogens with zero attached hydrogens (tertiary/aromatic N) is 1. The third-order valence-corrected chi connectivity index (χ3v) is 4.40. The maximum absolute atomic E-state index is 12.9. The molecule has 1 heterocycles. The van der Waals surface area contributed by atoms with Crippen molar-refractivity contribution in [1.82, 2.24) is 4.90 Å². The van der Waals surface area contributed by atoms with Gasteiger partial charge in [-0.15, -0.1) is 0 Å². The Balaban J connectivity index is 2.02. The largest absolute Gasteiger partial charge is 0.417 e. The van der Waals surface area contributed by atoms with Crippen LogP contribution in [0.25, 0.3) is 0 Å². The molecule has 1 N–H and O–H groups in total. The zero-order chi connectivity index (χ0) is 15.7. The van der Waals surface area contributed by atoms with Crippen molar-refractivity contribution < 1.29 is 18.3 Å². The minimum atomic E-state index is -4.58. The van der Waals surface area contributed by atoms with Crippen LogP contribution < -0.4 is 0 Å². The van der Waals surface area contributed by atoms with Crippen molar-refractivity contribution in [2.45, 2.75) is 45.0 Å². The Kier molecular flexibility index (Phi) is 4.63. The van der Waals surface area contributed by atoms with Gasteiger partial charge >= 0.3 is 6.18 Å². The first-order valence-electron chi connectivity index (χ1n) is 7.27. The Morgan fingerprint density at radius 1 is 1.24 bits per heavy atom. The first kappa shape index (κ1) is 16.3. The first-order chi connectivity index (χ1) is 9.70. The summed E-state index contributed by atoms with van der Waals surface area (Å²) in [6.07, 6.45) is -3.48. The Morgan fingerprint density at radius 2 is 1.86 bits per heavy atom. The molecule has 0 aromatic heterocycles. The summed E-state index contributed by atoms with van der Waals surface area (Å²) in [6.45, 7) is 4.58.